The summed E-state index contributed by atoms with van der Waals surface area (Å²) in [5, 5.41) is 3.22. The molecule has 2 rings (SSSR count). The van der Waals surface area contributed by atoms with Gasteiger partial charge < -0.3 is 10.1 Å². The van der Waals surface area contributed by atoms with E-state index in [0.717, 1.165) is 43.7 Å². The number of fused-ring (bicyclic) bond motifs is 1. The molecule has 0 amide bonds. The predicted molar refractivity (Wildman–Crippen MR) is 84.2 cm³/mol. The predicted octanol–water partition coefficient (Wildman–Crippen LogP) is 2.14. The average Bonchev–Trinajstić information content (AvgIpc) is 2.93. The van der Waals surface area contributed by atoms with Crippen LogP contribution in [0.15, 0.2) is 23.1 Å². The van der Waals surface area contributed by atoms with E-state index in [4.69, 9.17) is 4.74 Å². The Hall–Kier alpha value is -1.11. The zero-order valence-corrected chi connectivity index (χ0v) is 13.3. The van der Waals surface area contributed by atoms with Crippen LogP contribution in [-0.2, 0) is 21.2 Å². The second kappa shape index (κ2) is 7.77. The third kappa shape index (κ3) is 4.69. The lowest BCUT2D eigenvalue weighted by Gasteiger charge is -2.08. The van der Waals surface area contributed by atoms with Gasteiger partial charge in [-0.05, 0) is 43.0 Å². The molecular weight excluding hydrogens is 288 g/mol. The van der Waals surface area contributed by atoms with E-state index in [0.29, 0.717) is 24.5 Å². The summed E-state index contributed by atoms with van der Waals surface area (Å²) >= 11 is 0. The highest BCUT2D eigenvalue weighted by Gasteiger charge is 2.17. The van der Waals surface area contributed by atoms with Gasteiger partial charge in [0.05, 0.1) is 4.90 Å². The molecule has 0 unspecified atom stereocenters. The van der Waals surface area contributed by atoms with Crippen molar-refractivity contribution in [3.05, 3.63) is 23.8 Å². The Bertz CT molecular complexity index is 558. The van der Waals surface area contributed by atoms with Crippen molar-refractivity contribution in [2.24, 2.45) is 0 Å². The number of ether oxygens (including phenoxy) is 1. The van der Waals surface area contributed by atoms with Crippen molar-refractivity contribution in [2.45, 2.75) is 37.5 Å². The molecule has 6 heteroatoms. The molecule has 21 heavy (non-hydrogen) atoms. The maximum atomic E-state index is 12.2. The van der Waals surface area contributed by atoms with E-state index in [2.05, 4.69) is 17.0 Å². The normalized spacial score (nSPS) is 14.0. The monoisotopic (exact) mass is 312 g/mol. The highest BCUT2D eigenvalue weighted by Crippen LogP contribution is 2.24. The van der Waals surface area contributed by atoms with Crippen LogP contribution in [0.5, 0.6) is 0 Å². The van der Waals surface area contributed by atoms with Gasteiger partial charge in [0.2, 0.25) is 10.0 Å². The van der Waals surface area contributed by atoms with Crippen LogP contribution >= 0.6 is 0 Å². The Kier molecular flexibility index (Phi) is 6.02. The number of unbranched alkanes of at least 4 members (excludes halogenated alkanes) is 1. The van der Waals surface area contributed by atoms with Gasteiger partial charge in [0, 0.05) is 32.0 Å². The van der Waals surface area contributed by atoms with Crippen LogP contribution in [0.4, 0.5) is 5.69 Å². The first kappa shape index (κ1) is 16.3. The fourth-order valence-electron chi connectivity index (χ4n) is 2.26. The average molecular weight is 312 g/mol. The first-order valence-corrected chi connectivity index (χ1v) is 9.06. The van der Waals surface area contributed by atoms with E-state index in [1.54, 1.807) is 12.1 Å². The van der Waals surface area contributed by atoms with Gasteiger partial charge in [-0.1, -0.05) is 13.3 Å². The minimum atomic E-state index is -3.41. The molecule has 5 nitrogen and oxygen atoms in total. The number of anilines is 1. The van der Waals surface area contributed by atoms with E-state index in [-0.39, 0.29) is 0 Å². The van der Waals surface area contributed by atoms with Crippen LogP contribution in [0, 0.1) is 0 Å². The Morgan fingerprint density at radius 1 is 1.29 bits per heavy atom. The van der Waals surface area contributed by atoms with Gasteiger partial charge in [-0.2, -0.15) is 0 Å². The molecular formula is C15H24N2O3S. The summed E-state index contributed by atoms with van der Waals surface area (Å²) in [5.41, 5.74) is 2.11. The number of nitrogens with one attached hydrogen (secondary N) is 2. The largest absolute Gasteiger partial charge is 0.384 e. The number of sulfonamides is 1. The van der Waals surface area contributed by atoms with E-state index in [1.165, 1.54) is 0 Å². The molecule has 1 aliphatic heterocycles. The quantitative estimate of drug-likeness (QED) is 0.686. The lowest BCUT2D eigenvalue weighted by Crippen LogP contribution is -2.25. The van der Waals surface area contributed by atoms with Crippen LogP contribution in [0.1, 0.15) is 31.7 Å². The zero-order valence-electron chi connectivity index (χ0n) is 12.5. The Morgan fingerprint density at radius 3 is 2.90 bits per heavy atom. The second-order valence-corrected chi connectivity index (χ2v) is 6.98. The van der Waals surface area contributed by atoms with Crippen molar-refractivity contribution in [3.63, 3.8) is 0 Å². The molecule has 0 radical (unpaired) electrons. The minimum absolute atomic E-state index is 0.344. The van der Waals surface area contributed by atoms with E-state index < -0.39 is 10.0 Å². The van der Waals surface area contributed by atoms with E-state index in [1.807, 2.05) is 6.07 Å². The maximum Gasteiger partial charge on any atom is 0.240 e. The molecule has 0 saturated carbocycles. The summed E-state index contributed by atoms with van der Waals surface area (Å²) in [4.78, 5) is 0.344. The van der Waals surface area contributed by atoms with Crippen molar-refractivity contribution in [1.29, 1.82) is 0 Å². The van der Waals surface area contributed by atoms with Gasteiger partial charge >= 0.3 is 0 Å². The van der Waals surface area contributed by atoms with Crippen LogP contribution in [0.25, 0.3) is 0 Å². The highest BCUT2D eigenvalue weighted by atomic mass is 32.2. The van der Waals surface area contributed by atoms with Gasteiger partial charge in [-0.25, -0.2) is 13.1 Å². The lowest BCUT2D eigenvalue weighted by atomic mass is 10.2. The van der Waals surface area contributed by atoms with Gasteiger partial charge in [-0.3, -0.25) is 0 Å². The molecule has 1 aromatic carbocycles. The molecule has 118 valence electrons. The first-order valence-electron chi connectivity index (χ1n) is 7.57. The number of benzene rings is 1. The van der Waals surface area contributed by atoms with Crippen molar-refractivity contribution >= 4 is 15.7 Å². The molecule has 0 saturated heterocycles. The van der Waals surface area contributed by atoms with Crippen molar-refractivity contribution in [1.82, 2.24) is 4.72 Å². The summed E-state index contributed by atoms with van der Waals surface area (Å²) in [5.74, 6) is 0. The van der Waals surface area contributed by atoms with Crippen molar-refractivity contribution in [2.75, 3.05) is 31.6 Å². The molecule has 0 aromatic heterocycles. The molecule has 0 spiro atoms. The Morgan fingerprint density at radius 2 is 2.10 bits per heavy atom. The smallest absolute Gasteiger partial charge is 0.240 e. The minimum Gasteiger partial charge on any atom is -0.384 e. The fourth-order valence-corrected chi connectivity index (χ4v) is 3.39. The SMILES string of the molecule is CCCCOCCCNS(=O)(=O)c1ccc2c(c1)CCN2. The van der Waals surface area contributed by atoms with Gasteiger partial charge in [0.25, 0.3) is 0 Å². The van der Waals surface area contributed by atoms with Crippen molar-refractivity contribution < 1.29 is 13.2 Å². The molecule has 0 bridgehead atoms. The summed E-state index contributed by atoms with van der Waals surface area (Å²) in [6, 6.07) is 5.25. The summed E-state index contributed by atoms with van der Waals surface area (Å²) in [6.45, 7) is 4.74. The number of hydrogen-bond donors (Lipinski definition) is 2. The van der Waals surface area contributed by atoms with Crippen LogP contribution in [-0.4, -0.2) is 34.7 Å². The first-order chi connectivity index (χ1) is 10.1. The topological polar surface area (TPSA) is 67.4 Å². The molecule has 0 aliphatic carbocycles. The standard InChI is InChI=1S/C15H24N2O3S/c1-2-3-10-20-11-4-8-17-21(18,19)14-5-6-15-13(12-14)7-9-16-15/h5-6,12,16-17H,2-4,7-11H2,1H3. The Balaban J connectivity index is 1.79. The molecule has 1 heterocycles. The molecule has 1 aromatic rings. The maximum absolute atomic E-state index is 12.2. The zero-order chi connectivity index (χ0) is 15.1. The summed E-state index contributed by atoms with van der Waals surface area (Å²) in [7, 11) is -3.41. The van der Waals surface area contributed by atoms with Gasteiger partial charge in [-0.15, -0.1) is 0 Å². The van der Waals surface area contributed by atoms with Gasteiger partial charge in [0.1, 0.15) is 0 Å². The van der Waals surface area contributed by atoms with Crippen LogP contribution in [0.2, 0.25) is 0 Å². The Labute approximate surface area is 127 Å². The van der Waals surface area contributed by atoms with Gasteiger partial charge in [0.15, 0.2) is 0 Å². The number of rotatable bonds is 9. The number of hydrogen-bond acceptors (Lipinski definition) is 4. The summed E-state index contributed by atoms with van der Waals surface area (Å²) in [6.07, 6.45) is 3.73. The third-order valence-corrected chi connectivity index (χ3v) is 4.96. The molecule has 0 fully saturated rings. The van der Waals surface area contributed by atoms with E-state index >= 15 is 0 Å². The molecule has 2 N–H and O–H groups in total. The third-order valence-electron chi connectivity index (χ3n) is 3.50. The highest BCUT2D eigenvalue weighted by molar-refractivity contribution is 7.89. The lowest BCUT2D eigenvalue weighted by molar-refractivity contribution is 0.130. The fraction of sp³-hybridized carbons (Fsp3) is 0.600. The molecule has 1 aliphatic rings. The second-order valence-electron chi connectivity index (χ2n) is 5.21. The summed E-state index contributed by atoms with van der Waals surface area (Å²) < 4.78 is 32.4. The van der Waals surface area contributed by atoms with E-state index in [9.17, 15) is 8.42 Å². The van der Waals surface area contributed by atoms with Crippen molar-refractivity contribution in [3.8, 4) is 0 Å². The molecule has 0 atom stereocenters. The van der Waals surface area contributed by atoms with Crippen LogP contribution in [0.3, 0.4) is 0 Å². The van der Waals surface area contributed by atoms with Crippen LogP contribution < -0.4 is 10.0 Å².